The van der Waals surface area contributed by atoms with Crippen molar-refractivity contribution in [1.29, 1.82) is 0 Å². The standard InChI is InChI=1S/C14H19N3O/c1-16-14(18)11-17(2)10-13-7-5-12(6-8-13)4-3-9-15/h5-8H,9-11,15H2,1-2H3,(H,16,18). The van der Waals surface area contributed by atoms with Gasteiger partial charge in [-0.1, -0.05) is 24.0 Å². The van der Waals surface area contributed by atoms with Crippen LogP contribution in [-0.4, -0.2) is 38.0 Å². The van der Waals surface area contributed by atoms with Crippen LogP contribution in [0.3, 0.4) is 0 Å². The van der Waals surface area contributed by atoms with Gasteiger partial charge in [-0.2, -0.15) is 0 Å². The summed E-state index contributed by atoms with van der Waals surface area (Å²) in [6.45, 7) is 1.50. The maximum Gasteiger partial charge on any atom is 0.233 e. The van der Waals surface area contributed by atoms with Gasteiger partial charge in [0.1, 0.15) is 0 Å². The topological polar surface area (TPSA) is 58.4 Å². The van der Waals surface area contributed by atoms with Crippen LogP contribution >= 0.6 is 0 Å². The Balaban J connectivity index is 2.55. The molecular weight excluding hydrogens is 226 g/mol. The Morgan fingerprint density at radius 3 is 2.61 bits per heavy atom. The van der Waals surface area contributed by atoms with Crippen molar-refractivity contribution in [2.75, 3.05) is 27.2 Å². The summed E-state index contributed by atoms with van der Waals surface area (Å²) in [6.07, 6.45) is 0. The lowest BCUT2D eigenvalue weighted by Gasteiger charge is -2.15. The van der Waals surface area contributed by atoms with Gasteiger partial charge in [-0.05, 0) is 24.7 Å². The van der Waals surface area contributed by atoms with Crippen molar-refractivity contribution in [3.63, 3.8) is 0 Å². The number of amides is 1. The van der Waals surface area contributed by atoms with Crippen molar-refractivity contribution >= 4 is 5.91 Å². The van der Waals surface area contributed by atoms with E-state index in [2.05, 4.69) is 17.2 Å². The van der Waals surface area contributed by atoms with Gasteiger partial charge in [-0.25, -0.2) is 0 Å². The zero-order chi connectivity index (χ0) is 13.4. The van der Waals surface area contributed by atoms with E-state index in [1.54, 1.807) is 7.05 Å². The second-order valence-electron chi connectivity index (χ2n) is 4.05. The molecule has 1 aromatic rings. The van der Waals surface area contributed by atoms with Crippen LogP contribution in [0.5, 0.6) is 0 Å². The molecule has 0 atom stereocenters. The third kappa shape index (κ3) is 5.00. The zero-order valence-corrected chi connectivity index (χ0v) is 10.9. The van der Waals surface area contributed by atoms with Gasteiger partial charge in [0.2, 0.25) is 5.91 Å². The van der Waals surface area contributed by atoms with E-state index in [4.69, 9.17) is 5.73 Å². The molecule has 0 bridgehead atoms. The van der Waals surface area contributed by atoms with Crippen LogP contribution in [0.1, 0.15) is 11.1 Å². The van der Waals surface area contributed by atoms with E-state index in [0.29, 0.717) is 13.1 Å². The van der Waals surface area contributed by atoms with Crippen molar-refractivity contribution < 1.29 is 4.79 Å². The second kappa shape index (κ2) is 7.49. The first-order valence-electron chi connectivity index (χ1n) is 5.82. The molecule has 4 heteroatoms. The molecule has 1 aromatic carbocycles. The van der Waals surface area contributed by atoms with Gasteiger partial charge in [0.15, 0.2) is 0 Å². The van der Waals surface area contributed by atoms with Crippen LogP contribution in [0.15, 0.2) is 24.3 Å². The summed E-state index contributed by atoms with van der Waals surface area (Å²) < 4.78 is 0. The monoisotopic (exact) mass is 245 g/mol. The fourth-order valence-electron chi connectivity index (χ4n) is 1.54. The minimum Gasteiger partial charge on any atom is -0.358 e. The van der Waals surface area contributed by atoms with Gasteiger partial charge in [-0.3, -0.25) is 9.69 Å². The van der Waals surface area contributed by atoms with Crippen LogP contribution in [0.25, 0.3) is 0 Å². The molecule has 0 heterocycles. The first-order valence-corrected chi connectivity index (χ1v) is 5.82. The van der Waals surface area contributed by atoms with Gasteiger partial charge < -0.3 is 11.1 Å². The summed E-state index contributed by atoms with van der Waals surface area (Å²) >= 11 is 0. The molecule has 1 rings (SSSR count). The van der Waals surface area contributed by atoms with E-state index >= 15 is 0 Å². The summed E-state index contributed by atoms with van der Waals surface area (Å²) in [6, 6.07) is 7.96. The zero-order valence-electron chi connectivity index (χ0n) is 10.9. The Labute approximate surface area is 108 Å². The molecule has 18 heavy (non-hydrogen) atoms. The molecule has 4 nitrogen and oxygen atoms in total. The molecule has 1 amide bonds. The molecule has 96 valence electrons. The van der Waals surface area contributed by atoms with Crippen LogP contribution in [-0.2, 0) is 11.3 Å². The second-order valence-corrected chi connectivity index (χ2v) is 4.05. The molecule has 0 aliphatic carbocycles. The summed E-state index contributed by atoms with van der Waals surface area (Å²) in [5.74, 6) is 5.80. The Bertz CT molecular complexity index is 442. The Morgan fingerprint density at radius 1 is 1.39 bits per heavy atom. The lowest BCUT2D eigenvalue weighted by atomic mass is 10.1. The van der Waals surface area contributed by atoms with Crippen molar-refractivity contribution in [1.82, 2.24) is 10.2 Å². The fraction of sp³-hybridized carbons (Fsp3) is 0.357. The number of rotatable bonds is 4. The highest BCUT2D eigenvalue weighted by Gasteiger charge is 2.04. The predicted molar refractivity (Wildman–Crippen MR) is 72.8 cm³/mol. The van der Waals surface area contributed by atoms with Gasteiger partial charge in [0.25, 0.3) is 0 Å². The number of nitrogens with two attached hydrogens (primary N) is 1. The molecule has 3 N–H and O–H groups in total. The summed E-state index contributed by atoms with van der Waals surface area (Å²) in [4.78, 5) is 13.2. The summed E-state index contributed by atoms with van der Waals surface area (Å²) in [5, 5.41) is 2.60. The number of nitrogens with one attached hydrogen (secondary N) is 1. The lowest BCUT2D eigenvalue weighted by Crippen LogP contribution is -2.32. The summed E-state index contributed by atoms with van der Waals surface area (Å²) in [7, 11) is 3.55. The Morgan fingerprint density at radius 2 is 2.06 bits per heavy atom. The Kier molecular flexibility index (Phi) is 5.92. The molecule has 0 saturated carbocycles. The normalized spacial score (nSPS) is 9.78. The molecule has 0 unspecified atom stereocenters. The smallest absolute Gasteiger partial charge is 0.233 e. The lowest BCUT2D eigenvalue weighted by molar-refractivity contribution is -0.121. The highest BCUT2D eigenvalue weighted by Crippen LogP contribution is 2.05. The first-order chi connectivity index (χ1) is 8.65. The number of hydrogen-bond acceptors (Lipinski definition) is 3. The van der Waals surface area contributed by atoms with Gasteiger partial charge in [-0.15, -0.1) is 0 Å². The summed E-state index contributed by atoms with van der Waals surface area (Å²) in [5.41, 5.74) is 7.42. The van der Waals surface area contributed by atoms with E-state index in [9.17, 15) is 4.79 Å². The average molecular weight is 245 g/mol. The van der Waals surface area contributed by atoms with Crippen molar-refractivity contribution in [2.24, 2.45) is 5.73 Å². The minimum atomic E-state index is 0.0166. The SMILES string of the molecule is CNC(=O)CN(C)Cc1ccc(C#CCN)cc1. The van der Waals surface area contributed by atoms with E-state index in [0.717, 1.165) is 17.7 Å². The molecule has 0 radical (unpaired) electrons. The maximum atomic E-state index is 11.2. The maximum absolute atomic E-state index is 11.2. The molecule has 0 aliphatic rings. The van der Waals surface area contributed by atoms with Gasteiger partial charge in [0, 0.05) is 19.2 Å². The highest BCUT2D eigenvalue weighted by molar-refractivity contribution is 5.77. The molecule has 0 saturated heterocycles. The van der Waals surface area contributed by atoms with E-state index in [1.165, 1.54) is 0 Å². The molecule has 0 aromatic heterocycles. The van der Waals surface area contributed by atoms with Crippen LogP contribution in [0.4, 0.5) is 0 Å². The number of hydrogen-bond donors (Lipinski definition) is 2. The fourth-order valence-corrected chi connectivity index (χ4v) is 1.54. The first kappa shape index (κ1) is 14.2. The predicted octanol–water partition coefficient (Wildman–Crippen LogP) is 0.175. The number of likely N-dealkylation sites (N-methyl/N-ethyl adjacent to an activating group) is 2. The van der Waals surface area contributed by atoms with E-state index in [1.807, 2.05) is 36.2 Å². The number of nitrogens with zero attached hydrogens (tertiary/aromatic N) is 1. The number of carbonyl (C=O) groups is 1. The number of benzene rings is 1. The van der Waals surface area contributed by atoms with Crippen molar-refractivity contribution in [2.45, 2.75) is 6.54 Å². The largest absolute Gasteiger partial charge is 0.358 e. The van der Waals surface area contributed by atoms with Crippen LogP contribution < -0.4 is 11.1 Å². The molecule has 0 aliphatic heterocycles. The molecule has 0 fully saturated rings. The van der Waals surface area contributed by atoms with Gasteiger partial charge >= 0.3 is 0 Å². The quantitative estimate of drug-likeness (QED) is 0.744. The number of carbonyl (C=O) groups excluding carboxylic acids is 1. The van der Waals surface area contributed by atoms with Gasteiger partial charge in [0.05, 0.1) is 13.1 Å². The van der Waals surface area contributed by atoms with Crippen molar-refractivity contribution in [3.8, 4) is 11.8 Å². The molecule has 0 spiro atoms. The highest BCUT2D eigenvalue weighted by atomic mass is 16.1. The van der Waals surface area contributed by atoms with Crippen LogP contribution in [0.2, 0.25) is 0 Å². The third-order valence-electron chi connectivity index (χ3n) is 2.43. The average Bonchev–Trinajstić information content (AvgIpc) is 2.37. The minimum absolute atomic E-state index is 0.0166. The van der Waals surface area contributed by atoms with Crippen molar-refractivity contribution in [3.05, 3.63) is 35.4 Å². The Hall–Kier alpha value is -1.83. The van der Waals surface area contributed by atoms with Crippen LogP contribution in [0, 0.1) is 11.8 Å². The van der Waals surface area contributed by atoms with E-state index < -0.39 is 0 Å². The molecular formula is C14H19N3O. The third-order valence-corrected chi connectivity index (χ3v) is 2.43. The van der Waals surface area contributed by atoms with E-state index in [-0.39, 0.29) is 5.91 Å².